The molecule has 0 aliphatic rings. The average Bonchev–Trinajstić information content (AvgIpc) is 3.08. The first-order valence-electron chi connectivity index (χ1n) is 6.50. The van der Waals surface area contributed by atoms with E-state index in [2.05, 4.69) is 15.2 Å². The molecule has 1 aromatic carbocycles. The summed E-state index contributed by atoms with van der Waals surface area (Å²) in [6.07, 6.45) is 6.58. The van der Waals surface area contributed by atoms with Gasteiger partial charge in [0.1, 0.15) is 12.7 Å². The molecule has 8 heteroatoms. The van der Waals surface area contributed by atoms with Crippen LogP contribution in [0.4, 0.5) is 11.4 Å². The van der Waals surface area contributed by atoms with Gasteiger partial charge in [-0.3, -0.25) is 20.1 Å². The molecule has 8 nitrogen and oxygen atoms in total. The fourth-order valence-corrected chi connectivity index (χ4v) is 2.03. The molecule has 3 aromatic rings. The third-order valence-electron chi connectivity index (χ3n) is 3.13. The number of aromatic nitrogens is 4. The van der Waals surface area contributed by atoms with E-state index in [9.17, 15) is 10.1 Å². The van der Waals surface area contributed by atoms with Crippen molar-refractivity contribution < 1.29 is 4.92 Å². The van der Waals surface area contributed by atoms with Gasteiger partial charge in [-0.25, -0.2) is 4.68 Å². The fraction of sp³-hybridized carbons (Fsp3) is 0.0714. The number of hydrogen-bond acceptors (Lipinski definition) is 6. The minimum atomic E-state index is -0.421. The Morgan fingerprint density at radius 2 is 1.68 bits per heavy atom. The van der Waals surface area contributed by atoms with Crippen LogP contribution in [0.15, 0.2) is 61.4 Å². The van der Waals surface area contributed by atoms with Gasteiger partial charge < -0.3 is 0 Å². The summed E-state index contributed by atoms with van der Waals surface area (Å²) in [5.41, 5.74) is 1.89. The fourth-order valence-electron chi connectivity index (χ4n) is 2.03. The Labute approximate surface area is 125 Å². The lowest BCUT2D eigenvalue weighted by Crippen LogP contribution is -2.27. The summed E-state index contributed by atoms with van der Waals surface area (Å²) in [6, 6.07) is 10.1. The van der Waals surface area contributed by atoms with Crippen molar-refractivity contribution in [2.75, 3.05) is 5.01 Å². The van der Waals surface area contributed by atoms with E-state index < -0.39 is 4.92 Å². The zero-order chi connectivity index (χ0) is 15.4. The molecule has 0 saturated heterocycles. The monoisotopic (exact) mass is 296 g/mol. The van der Waals surface area contributed by atoms with Gasteiger partial charge in [0.15, 0.2) is 0 Å². The number of benzene rings is 1. The SMILES string of the molecule is O=[N+]([O-])c1ccc(N(Cc2ccncc2)n2cnnc2)cc1. The molecule has 0 bridgehead atoms. The Morgan fingerprint density at radius 1 is 1.05 bits per heavy atom. The van der Waals surface area contributed by atoms with Crippen molar-refractivity contribution in [1.82, 2.24) is 19.9 Å². The number of nitrogens with zero attached hydrogens (tertiary/aromatic N) is 6. The molecular formula is C14H12N6O2. The minimum Gasteiger partial charge on any atom is -0.274 e. The average molecular weight is 296 g/mol. The summed E-state index contributed by atoms with van der Waals surface area (Å²) in [4.78, 5) is 14.3. The zero-order valence-corrected chi connectivity index (χ0v) is 11.5. The number of anilines is 1. The molecule has 0 N–H and O–H groups in total. The molecule has 0 radical (unpaired) electrons. The lowest BCUT2D eigenvalue weighted by Gasteiger charge is -2.24. The highest BCUT2D eigenvalue weighted by Crippen LogP contribution is 2.21. The maximum atomic E-state index is 10.8. The Morgan fingerprint density at radius 3 is 2.27 bits per heavy atom. The second-order valence-electron chi connectivity index (χ2n) is 4.53. The molecule has 0 spiro atoms. The Hall–Kier alpha value is -3.29. The second kappa shape index (κ2) is 6.00. The summed E-state index contributed by atoms with van der Waals surface area (Å²) < 4.78 is 1.72. The van der Waals surface area contributed by atoms with Gasteiger partial charge in [0.2, 0.25) is 0 Å². The minimum absolute atomic E-state index is 0.0522. The summed E-state index contributed by atoms with van der Waals surface area (Å²) in [5.74, 6) is 0. The topological polar surface area (TPSA) is 90.0 Å². The molecule has 0 aliphatic heterocycles. The molecule has 22 heavy (non-hydrogen) atoms. The molecular weight excluding hydrogens is 284 g/mol. The van der Waals surface area contributed by atoms with Crippen molar-refractivity contribution in [3.63, 3.8) is 0 Å². The van der Waals surface area contributed by atoms with Crippen LogP contribution in [0.2, 0.25) is 0 Å². The van der Waals surface area contributed by atoms with E-state index in [1.54, 1.807) is 41.9 Å². The van der Waals surface area contributed by atoms with E-state index in [1.807, 2.05) is 17.1 Å². The van der Waals surface area contributed by atoms with Crippen molar-refractivity contribution in [1.29, 1.82) is 0 Å². The van der Waals surface area contributed by atoms with Crippen LogP contribution in [0.3, 0.4) is 0 Å². The van der Waals surface area contributed by atoms with Crippen LogP contribution in [0.25, 0.3) is 0 Å². The first-order valence-corrected chi connectivity index (χ1v) is 6.50. The molecule has 0 fully saturated rings. The highest BCUT2D eigenvalue weighted by Gasteiger charge is 2.12. The standard InChI is InChI=1S/C14H12N6O2/c21-20(22)14-3-1-13(2-4-14)19(18-10-16-17-11-18)9-12-5-7-15-8-6-12/h1-8,10-11H,9H2. The summed E-state index contributed by atoms with van der Waals surface area (Å²) in [5, 5.41) is 20.3. The smallest absolute Gasteiger partial charge is 0.269 e. The molecule has 0 unspecified atom stereocenters. The van der Waals surface area contributed by atoms with E-state index in [4.69, 9.17) is 0 Å². The molecule has 110 valence electrons. The third-order valence-corrected chi connectivity index (χ3v) is 3.13. The van der Waals surface area contributed by atoms with Gasteiger partial charge in [0.25, 0.3) is 5.69 Å². The Balaban J connectivity index is 1.93. The number of nitro groups is 1. The summed E-state index contributed by atoms with van der Waals surface area (Å²) in [7, 11) is 0. The van der Waals surface area contributed by atoms with Crippen LogP contribution < -0.4 is 5.01 Å². The maximum Gasteiger partial charge on any atom is 0.269 e. The van der Waals surface area contributed by atoms with Gasteiger partial charge in [-0.2, -0.15) is 0 Å². The third kappa shape index (κ3) is 2.90. The highest BCUT2D eigenvalue weighted by molar-refractivity contribution is 5.50. The van der Waals surface area contributed by atoms with Gasteiger partial charge in [-0.1, -0.05) is 0 Å². The van der Waals surface area contributed by atoms with E-state index in [1.165, 1.54) is 12.1 Å². The van der Waals surface area contributed by atoms with Crippen LogP contribution in [-0.4, -0.2) is 24.8 Å². The van der Waals surface area contributed by atoms with Gasteiger partial charge in [0, 0.05) is 24.5 Å². The van der Waals surface area contributed by atoms with E-state index in [0.29, 0.717) is 6.54 Å². The van der Waals surface area contributed by atoms with Crippen LogP contribution in [0, 0.1) is 10.1 Å². The van der Waals surface area contributed by atoms with E-state index >= 15 is 0 Å². The summed E-state index contributed by atoms with van der Waals surface area (Å²) >= 11 is 0. The molecule has 0 saturated carbocycles. The number of non-ortho nitro benzene ring substituents is 1. The first-order chi connectivity index (χ1) is 10.7. The van der Waals surface area contributed by atoms with E-state index in [0.717, 1.165) is 11.3 Å². The highest BCUT2D eigenvalue weighted by atomic mass is 16.6. The number of hydrogen-bond donors (Lipinski definition) is 0. The lowest BCUT2D eigenvalue weighted by atomic mass is 10.2. The van der Waals surface area contributed by atoms with Crippen LogP contribution >= 0.6 is 0 Å². The molecule has 0 amide bonds. The quantitative estimate of drug-likeness (QED) is 0.528. The molecule has 0 aliphatic carbocycles. The Bertz CT molecular complexity index is 743. The normalized spacial score (nSPS) is 10.4. The predicted octanol–water partition coefficient (Wildman–Crippen LogP) is 2.05. The first kappa shape index (κ1) is 13.7. The molecule has 2 aromatic heterocycles. The van der Waals surface area contributed by atoms with Crippen molar-refractivity contribution in [3.05, 3.63) is 77.1 Å². The summed E-state index contributed by atoms with van der Waals surface area (Å²) in [6.45, 7) is 0.554. The number of pyridine rings is 1. The van der Waals surface area contributed by atoms with Crippen LogP contribution in [0.5, 0.6) is 0 Å². The number of nitro benzene ring substituents is 1. The molecule has 3 rings (SSSR count). The molecule has 2 heterocycles. The zero-order valence-electron chi connectivity index (χ0n) is 11.5. The van der Waals surface area contributed by atoms with E-state index in [-0.39, 0.29) is 5.69 Å². The molecule has 0 atom stereocenters. The van der Waals surface area contributed by atoms with Gasteiger partial charge in [0.05, 0.1) is 17.2 Å². The lowest BCUT2D eigenvalue weighted by molar-refractivity contribution is -0.384. The largest absolute Gasteiger partial charge is 0.274 e. The van der Waals surface area contributed by atoms with Crippen LogP contribution in [-0.2, 0) is 6.54 Å². The van der Waals surface area contributed by atoms with Gasteiger partial charge in [-0.15, -0.1) is 10.2 Å². The van der Waals surface area contributed by atoms with Gasteiger partial charge in [-0.05, 0) is 29.8 Å². The maximum absolute atomic E-state index is 10.8. The Kier molecular flexibility index (Phi) is 3.73. The second-order valence-corrected chi connectivity index (χ2v) is 4.53. The van der Waals surface area contributed by atoms with Gasteiger partial charge >= 0.3 is 0 Å². The predicted molar refractivity (Wildman–Crippen MR) is 78.9 cm³/mol. The van der Waals surface area contributed by atoms with Crippen LogP contribution in [0.1, 0.15) is 5.56 Å². The van der Waals surface area contributed by atoms with Crippen molar-refractivity contribution in [2.45, 2.75) is 6.54 Å². The van der Waals surface area contributed by atoms with Crippen molar-refractivity contribution in [2.24, 2.45) is 0 Å². The van der Waals surface area contributed by atoms with Crippen molar-refractivity contribution >= 4 is 11.4 Å². The van der Waals surface area contributed by atoms with Crippen molar-refractivity contribution in [3.8, 4) is 0 Å². The number of rotatable bonds is 5.